The summed E-state index contributed by atoms with van der Waals surface area (Å²) >= 11 is 3.18. The molecule has 1 aromatic carbocycles. The number of nitriles is 1. The maximum Gasteiger partial charge on any atom is 0.337 e. The van der Waals surface area contributed by atoms with Gasteiger partial charge in [-0.05, 0) is 33.6 Å². The van der Waals surface area contributed by atoms with E-state index < -0.39 is 17.7 Å². The first-order valence-electron chi connectivity index (χ1n) is 7.51. The molecule has 4 nitrogen and oxygen atoms in total. The molecule has 2 heterocycles. The van der Waals surface area contributed by atoms with Gasteiger partial charge in [-0.3, -0.25) is 0 Å². The Morgan fingerprint density at radius 2 is 2.12 bits per heavy atom. The van der Waals surface area contributed by atoms with E-state index in [1.54, 1.807) is 12.1 Å². The van der Waals surface area contributed by atoms with Crippen molar-refractivity contribution in [1.29, 1.82) is 5.26 Å². The minimum absolute atomic E-state index is 0.158. The van der Waals surface area contributed by atoms with Crippen LogP contribution in [0.4, 0.5) is 4.39 Å². The van der Waals surface area contributed by atoms with E-state index in [0.717, 1.165) is 5.70 Å². The Balaban J connectivity index is 2.25. The van der Waals surface area contributed by atoms with Gasteiger partial charge in [-0.2, -0.15) is 5.26 Å². The van der Waals surface area contributed by atoms with Gasteiger partial charge in [-0.15, -0.1) is 0 Å². The molecule has 0 saturated carbocycles. The number of carbonyl (C=O) groups excluding carboxylic acids is 1. The maximum absolute atomic E-state index is 13.6. The van der Waals surface area contributed by atoms with Crippen LogP contribution in [0.2, 0.25) is 0 Å². The zero-order valence-electron chi connectivity index (χ0n) is 13.5. The van der Waals surface area contributed by atoms with Gasteiger partial charge in [0.15, 0.2) is 0 Å². The molecule has 6 heteroatoms. The normalized spacial score (nSPS) is 20.5. The third kappa shape index (κ3) is 2.63. The lowest BCUT2D eigenvalue weighted by Gasteiger charge is -2.33. The average molecular weight is 391 g/mol. The number of rotatable bonds is 1. The topological polar surface area (TPSA) is 62.1 Å². The van der Waals surface area contributed by atoms with Gasteiger partial charge in [0.2, 0.25) is 0 Å². The van der Waals surface area contributed by atoms with E-state index in [0.29, 0.717) is 26.9 Å². The lowest BCUT2D eigenvalue weighted by molar-refractivity contribution is -0.136. The van der Waals surface area contributed by atoms with Gasteiger partial charge >= 0.3 is 5.97 Å². The van der Waals surface area contributed by atoms with E-state index in [1.165, 1.54) is 6.07 Å². The van der Waals surface area contributed by atoms with Gasteiger partial charge < -0.3 is 10.1 Å². The molecule has 24 heavy (non-hydrogen) atoms. The highest BCUT2D eigenvalue weighted by Crippen LogP contribution is 2.44. The molecule has 1 N–H and O–H groups in total. The number of hydrogen-bond donors (Lipinski definition) is 1. The Hall–Kier alpha value is -2.13. The predicted octanol–water partition coefficient (Wildman–Crippen LogP) is 3.91. The van der Waals surface area contributed by atoms with Crippen LogP contribution in [-0.4, -0.2) is 12.6 Å². The quantitative estimate of drug-likeness (QED) is 0.738. The molecule has 3 rings (SSSR count). The van der Waals surface area contributed by atoms with E-state index in [-0.39, 0.29) is 12.0 Å². The number of hydrogen-bond acceptors (Lipinski definition) is 4. The number of dihydropyridines is 1. The van der Waals surface area contributed by atoms with E-state index in [2.05, 4.69) is 27.3 Å². The first-order chi connectivity index (χ1) is 11.2. The van der Waals surface area contributed by atoms with Crippen molar-refractivity contribution in [2.24, 2.45) is 5.41 Å². The second kappa shape index (κ2) is 5.75. The summed E-state index contributed by atoms with van der Waals surface area (Å²) in [7, 11) is 0. The fourth-order valence-corrected chi connectivity index (χ4v) is 3.45. The minimum Gasteiger partial charge on any atom is -0.456 e. The van der Waals surface area contributed by atoms with Crippen molar-refractivity contribution < 1.29 is 13.9 Å². The highest BCUT2D eigenvalue weighted by Gasteiger charge is 2.42. The number of halogens is 2. The summed E-state index contributed by atoms with van der Waals surface area (Å²) in [5, 5.41) is 13.0. The van der Waals surface area contributed by atoms with Gasteiger partial charge in [-0.25, -0.2) is 9.18 Å². The number of nitrogens with zero attached hydrogens (tertiary/aromatic N) is 1. The van der Waals surface area contributed by atoms with Crippen LogP contribution in [0.15, 0.2) is 45.2 Å². The standard InChI is InChI=1S/C18H16BrFN2O2/c1-18(2,3)16-10(7-21)14(9-4-5-12(20)11(19)6-9)15-13(22-16)8-24-17(15)23/h4-6,14,22H,8H2,1-3H3. The number of carbonyl (C=O) groups is 1. The lowest BCUT2D eigenvalue weighted by atomic mass is 9.76. The summed E-state index contributed by atoms with van der Waals surface area (Å²) in [4.78, 5) is 12.2. The highest BCUT2D eigenvalue weighted by atomic mass is 79.9. The van der Waals surface area contributed by atoms with Crippen LogP contribution in [0.25, 0.3) is 0 Å². The van der Waals surface area contributed by atoms with Crippen molar-refractivity contribution in [1.82, 2.24) is 5.32 Å². The number of cyclic esters (lactones) is 1. The Bertz CT molecular complexity index is 844. The third-order valence-electron chi connectivity index (χ3n) is 4.16. The van der Waals surface area contributed by atoms with Crippen LogP contribution in [0, 0.1) is 22.6 Å². The van der Waals surface area contributed by atoms with E-state index in [1.807, 2.05) is 20.8 Å². The zero-order chi connectivity index (χ0) is 17.6. The Labute approximate surface area is 148 Å². The number of benzene rings is 1. The minimum atomic E-state index is -0.563. The number of ether oxygens (including phenoxy) is 1. The van der Waals surface area contributed by atoms with Gasteiger partial charge in [0.1, 0.15) is 12.4 Å². The zero-order valence-corrected chi connectivity index (χ0v) is 15.1. The molecule has 0 aliphatic carbocycles. The number of allylic oxidation sites excluding steroid dienone is 2. The van der Waals surface area contributed by atoms with E-state index in [9.17, 15) is 14.4 Å². The molecule has 0 fully saturated rings. The molecule has 2 aliphatic rings. The largest absolute Gasteiger partial charge is 0.456 e. The number of nitrogens with one attached hydrogen (secondary N) is 1. The van der Waals surface area contributed by atoms with E-state index in [4.69, 9.17) is 4.74 Å². The van der Waals surface area contributed by atoms with Gasteiger partial charge in [0, 0.05) is 11.1 Å². The second-order valence-electron chi connectivity index (χ2n) is 6.85. The van der Waals surface area contributed by atoms with Gasteiger partial charge in [0.25, 0.3) is 0 Å². The monoisotopic (exact) mass is 390 g/mol. The summed E-state index contributed by atoms with van der Waals surface area (Å²) < 4.78 is 19.1. The summed E-state index contributed by atoms with van der Waals surface area (Å²) in [5.74, 6) is -1.40. The van der Waals surface area contributed by atoms with Crippen LogP contribution in [0.5, 0.6) is 0 Å². The SMILES string of the molecule is CC(C)(C)C1=C(C#N)C(c2ccc(F)c(Br)c2)C2=C(COC2=O)N1. The van der Waals surface area contributed by atoms with Crippen LogP contribution in [0.1, 0.15) is 32.3 Å². The fraction of sp³-hybridized carbons (Fsp3) is 0.333. The molecule has 0 aromatic heterocycles. The smallest absolute Gasteiger partial charge is 0.337 e. The Morgan fingerprint density at radius 3 is 2.71 bits per heavy atom. The first kappa shape index (κ1) is 16.7. The van der Waals surface area contributed by atoms with Gasteiger partial charge in [-0.1, -0.05) is 26.8 Å². The van der Waals surface area contributed by atoms with Crippen LogP contribution < -0.4 is 5.32 Å². The van der Waals surface area contributed by atoms with Crippen molar-refractivity contribution in [3.05, 3.63) is 56.6 Å². The summed E-state index contributed by atoms with van der Waals surface area (Å²) in [6, 6.07) is 6.78. The summed E-state index contributed by atoms with van der Waals surface area (Å²) in [6.07, 6.45) is 0. The molecule has 1 atom stereocenters. The van der Waals surface area contributed by atoms with Crippen molar-refractivity contribution in [3.8, 4) is 6.07 Å². The van der Waals surface area contributed by atoms with Crippen molar-refractivity contribution in [2.45, 2.75) is 26.7 Å². The molecule has 0 saturated heterocycles. The fourth-order valence-electron chi connectivity index (χ4n) is 3.06. The molecular weight excluding hydrogens is 375 g/mol. The molecule has 2 aliphatic heterocycles. The van der Waals surface area contributed by atoms with Crippen molar-refractivity contribution in [3.63, 3.8) is 0 Å². The van der Waals surface area contributed by atoms with Crippen LogP contribution in [0.3, 0.4) is 0 Å². The average Bonchev–Trinajstić information content (AvgIpc) is 2.88. The Kier molecular flexibility index (Phi) is 4.00. The maximum atomic E-state index is 13.6. The molecule has 124 valence electrons. The third-order valence-corrected chi connectivity index (χ3v) is 4.77. The predicted molar refractivity (Wildman–Crippen MR) is 90.1 cm³/mol. The summed E-state index contributed by atoms with van der Waals surface area (Å²) in [5.41, 5.74) is 2.68. The Morgan fingerprint density at radius 1 is 1.42 bits per heavy atom. The van der Waals surface area contributed by atoms with E-state index >= 15 is 0 Å². The molecule has 1 aromatic rings. The highest BCUT2D eigenvalue weighted by molar-refractivity contribution is 9.10. The summed E-state index contributed by atoms with van der Waals surface area (Å²) in [6.45, 7) is 6.14. The number of esters is 1. The van der Waals surface area contributed by atoms with Gasteiger partial charge in [0.05, 0.1) is 33.3 Å². The molecule has 1 unspecified atom stereocenters. The molecule has 0 radical (unpaired) electrons. The molecular formula is C18H16BrFN2O2. The van der Waals surface area contributed by atoms with Crippen molar-refractivity contribution in [2.75, 3.05) is 6.61 Å². The van der Waals surface area contributed by atoms with Crippen LogP contribution >= 0.6 is 15.9 Å². The van der Waals surface area contributed by atoms with Crippen molar-refractivity contribution >= 4 is 21.9 Å². The van der Waals surface area contributed by atoms with Crippen LogP contribution in [-0.2, 0) is 9.53 Å². The second-order valence-corrected chi connectivity index (χ2v) is 7.70. The molecule has 0 bridgehead atoms. The molecule has 0 amide bonds. The molecule has 0 spiro atoms. The first-order valence-corrected chi connectivity index (χ1v) is 8.30. The lowest BCUT2D eigenvalue weighted by Crippen LogP contribution is -2.33.